The zero-order valence-electron chi connectivity index (χ0n) is 12.5. The van der Waals surface area contributed by atoms with Gasteiger partial charge < -0.3 is 4.74 Å². The predicted molar refractivity (Wildman–Crippen MR) is 78.6 cm³/mol. The minimum absolute atomic E-state index is 0.0377. The molecule has 3 aliphatic rings. The molecule has 1 aliphatic heterocycles. The molecule has 112 valence electrons. The topological polar surface area (TPSA) is 46.6 Å². The largest absolute Gasteiger partial charge is 0.443 e. The second-order valence-electron chi connectivity index (χ2n) is 7.39. The number of carbonyl (C=O) groups is 2. The molecule has 2 amide bonds. The van der Waals surface area contributed by atoms with Crippen LogP contribution in [-0.2, 0) is 9.53 Å². The third-order valence-electron chi connectivity index (χ3n) is 6.18. The van der Waals surface area contributed by atoms with Crippen molar-refractivity contribution in [2.24, 2.45) is 16.7 Å². The molecule has 5 heteroatoms. The van der Waals surface area contributed by atoms with E-state index in [0.717, 1.165) is 12.8 Å². The van der Waals surface area contributed by atoms with Gasteiger partial charge in [-0.05, 0) is 23.7 Å². The van der Waals surface area contributed by atoms with Gasteiger partial charge in [-0.2, -0.15) is 12.6 Å². The lowest BCUT2D eigenvalue weighted by atomic mass is 9.69. The van der Waals surface area contributed by atoms with Crippen LogP contribution < -0.4 is 0 Å². The van der Waals surface area contributed by atoms with Crippen molar-refractivity contribution in [2.75, 3.05) is 0 Å². The molecule has 0 spiro atoms. The number of hydrogen-bond donors (Lipinski definition) is 1. The Kier molecular flexibility index (Phi) is 2.96. The van der Waals surface area contributed by atoms with E-state index in [1.54, 1.807) is 0 Å². The molecule has 20 heavy (non-hydrogen) atoms. The Balaban J connectivity index is 1.95. The molecule has 0 unspecified atom stereocenters. The van der Waals surface area contributed by atoms with Gasteiger partial charge in [0.15, 0.2) is 0 Å². The molecule has 1 heterocycles. The number of thiol groups is 1. The lowest BCUT2D eigenvalue weighted by Gasteiger charge is -2.40. The number of ether oxygens (including phenoxy) is 1. The molecule has 5 atom stereocenters. The maximum atomic E-state index is 12.4. The molecule has 2 saturated carbocycles. The standard InChI is InChI=1S/C15H23NO3S/c1-8(20)7-10(17)16-12-11(19-13(16)18)9-5-6-15(12,4)14(9,2)3/h8-9,11-12,20H,5-7H2,1-4H3/t8-,9+,11+,12+,15-/m0/s1. The van der Waals surface area contributed by atoms with Crippen LogP contribution in [0.1, 0.15) is 47.0 Å². The molecule has 0 aromatic heterocycles. The van der Waals surface area contributed by atoms with E-state index < -0.39 is 6.09 Å². The molecule has 1 saturated heterocycles. The van der Waals surface area contributed by atoms with Crippen molar-refractivity contribution >= 4 is 24.6 Å². The first-order valence-corrected chi connectivity index (χ1v) is 7.92. The van der Waals surface area contributed by atoms with Crippen LogP contribution >= 0.6 is 12.6 Å². The van der Waals surface area contributed by atoms with Gasteiger partial charge in [0, 0.05) is 17.6 Å². The van der Waals surface area contributed by atoms with Crippen molar-refractivity contribution in [3.8, 4) is 0 Å². The van der Waals surface area contributed by atoms with Gasteiger partial charge in [0.1, 0.15) is 6.10 Å². The van der Waals surface area contributed by atoms with Crippen LogP contribution in [0.4, 0.5) is 4.79 Å². The summed E-state index contributed by atoms with van der Waals surface area (Å²) in [7, 11) is 0. The van der Waals surface area contributed by atoms with Gasteiger partial charge in [0.05, 0.1) is 6.04 Å². The average molecular weight is 297 g/mol. The number of amides is 2. The molecule has 0 N–H and O–H groups in total. The molecule has 3 rings (SSSR count). The van der Waals surface area contributed by atoms with E-state index in [1.807, 2.05) is 6.92 Å². The highest BCUT2D eigenvalue weighted by molar-refractivity contribution is 7.80. The van der Waals surface area contributed by atoms with Gasteiger partial charge in [-0.3, -0.25) is 4.79 Å². The highest BCUT2D eigenvalue weighted by atomic mass is 32.1. The van der Waals surface area contributed by atoms with E-state index in [9.17, 15) is 9.59 Å². The highest BCUT2D eigenvalue weighted by Crippen LogP contribution is 2.68. The summed E-state index contributed by atoms with van der Waals surface area (Å²) in [6.45, 7) is 8.58. The Morgan fingerprint density at radius 2 is 2.15 bits per heavy atom. The third kappa shape index (κ3) is 1.56. The number of carbonyl (C=O) groups excluding carboxylic acids is 2. The summed E-state index contributed by atoms with van der Waals surface area (Å²) < 4.78 is 5.58. The zero-order chi connectivity index (χ0) is 14.9. The fraction of sp³-hybridized carbons (Fsp3) is 0.867. The zero-order valence-corrected chi connectivity index (χ0v) is 13.4. The van der Waals surface area contributed by atoms with Gasteiger partial charge in [0.2, 0.25) is 5.91 Å². The minimum Gasteiger partial charge on any atom is -0.443 e. The number of hydrogen-bond acceptors (Lipinski definition) is 4. The maximum absolute atomic E-state index is 12.4. The van der Waals surface area contributed by atoms with Crippen molar-refractivity contribution in [1.29, 1.82) is 0 Å². The molecule has 2 bridgehead atoms. The summed E-state index contributed by atoms with van der Waals surface area (Å²) in [5, 5.41) is -0.0474. The minimum atomic E-state index is -0.451. The van der Waals surface area contributed by atoms with E-state index in [-0.39, 0.29) is 40.6 Å². The van der Waals surface area contributed by atoms with Crippen LogP contribution in [0.5, 0.6) is 0 Å². The summed E-state index contributed by atoms with van der Waals surface area (Å²) in [5.41, 5.74) is 0.0676. The molecule has 3 fully saturated rings. The van der Waals surface area contributed by atoms with Gasteiger partial charge in [-0.25, -0.2) is 9.69 Å². The Labute approximate surface area is 125 Å². The lowest BCUT2D eigenvalue weighted by molar-refractivity contribution is -0.131. The summed E-state index contributed by atoms with van der Waals surface area (Å²) in [5.74, 6) is 0.224. The van der Waals surface area contributed by atoms with E-state index in [4.69, 9.17) is 4.74 Å². The summed E-state index contributed by atoms with van der Waals surface area (Å²) in [6.07, 6.45) is 1.86. The summed E-state index contributed by atoms with van der Waals surface area (Å²) >= 11 is 4.27. The third-order valence-corrected chi connectivity index (χ3v) is 6.37. The van der Waals surface area contributed by atoms with Crippen LogP contribution in [0.3, 0.4) is 0 Å². The van der Waals surface area contributed by atoms with Crippen LogP contribution in [0, 0.1) is 16.7 Å². The van der Waals surface area contributed by atoms with Crippen LogP contribution in [0.2, 0.25) is 0 Å². The van der Waals surface area contributed by atoms with Crippen molar-refractivity contribution in [3.63, 3.8) is 0 Å². The smallest absolute Gasteiger partial charge is 0.417 e. The normalized spacial score (nSPS) is 42.5. The molecular weight excluding hydrogens is 274 g/mol. The monoisotopic (exact) mass is 297 g/mol. The van der Waals surface area contributed by atoms with Crippen LogP contribution in [0.15, 0.2) is 0 Å². The maximum Gasteiger partial charge on any atom is 0.417 e. The van der Waals surface area contributed by atoms with Crippen molar-refractivity contribution in [3.05, 3.63) is 0 Å². The highest BCUT2D eigenvalue weighted by Gasteiger charge is 2.72. The first-order valence-electron chi connectivity index (χ1n) is 7.41. The van der Waals surface area contributed by atoms with Crippen molar-refractivity contribution in [2.45, 2.75) is 64.4 Å². The van der Waals surface area contributed by atoms with Gasteiger partial charge in [-0.15, -0.1) is 0 Å². The Hall–Kier alpha value is -0.710. The molecule has 0 radical (unpaired) electrons. The number of rotatable bonds is 2. The molecule has 0 aromatic rings. The van der Waals surface area contributed by atoms with Crippen molar-refractivity contribution in [1.82, 2.24) is 4.90 Å². The second kappa shape index (κ2) is 4.15. The fourth-order valence-electron chi connectivity index (χ4n) is 4.72. The van der Waals surface area contributed by atoms with Crippen LogP contribution in [0.25, 0.3) is 0 Å². The van der Waals surface area contributed by atoms with E-state index in [2.05, 4.69) is 33.4 Å². The van der Waals surface area contributed by atoms with E-state index in [0.29, 0.717) is 5.92 Å². The Morgan fingerprint density at radius 3 is 2.75 bits per heavy atom. The summed E-state index contributed by atoms with van der Waals surface area (Å²) in [4.78, 5) is 26.0. The quantitative estimate of drug-likeness (QED) is 0.797. The Bertz CT molecular complexity index is 476. The predicted octanol–water partition coefficient (Wildman–Crippen LogP) is 2.87. The van der Waals surface area contributed by atoms with Crippen molar-refractivity contribution < 1.29 is 14.3 Å². The Morgan fingerprint density at radius 1 is 1.50 bits per heavy atom. The van der Waals surface area contributed by atoms with Gasteiger partial charge in [-0.1, -0.05) is 27.7 Å². The molecule has 2 aliphatic carbocycles. The van der Waals surface area contributed by atoms with Gasteiger partial charge in [0.25, 0.3) is 0 Å². The van der Waals surface area contributed by atoms with Crippen LogP contribution in [-0.4, -0.2) is 34.3 Å². The second-order valence-corrected chi connectivity index (χ2v) is 8.28. The first-order chi connectivity index (χ1) is 9.20. The average Bonchev–Trinajstić information content (AvgIpc) is 2.80. The fourth-order valence-corrected chi connectivity index (χ4v) is 4.88. The number of nitrogens with zero attached hydrogens (tertiary/aromatic N) is 1. The number of imide groups is 1. The SMILES string of the molecule is C[C@H](S)CC(=O)N1C(=O)O[C@@H]2[C@H]3CC[C@@](C)([C@@H]21)C3(C)C. The number of fused-ring (bicyclic) bond motifs is 5. The van der Waals surface area contributed by atoms with Gasteiger partial charge >= 0.3 is 6.09 Å². The van der Waals surface area contributed by atoms with E-state index >= 15 is 0 Å². The lowest BCUT2D eigenvalue weighted by Crippen LogP contribution is -2.50. The summed E-state index contributed by atoms with van der Waals surface area (Å²) in [6, 6.07) is -0.0941. The molecule has 4 nitrogen and oxygen atoms in total. The first kappa shape index (κ1) is 14.2. The molecule has 0 aromatic carbocycles. The molecular formula is C15H23NO3S. The van der Waals surface area contributed by atoms with E-state index in [1.165, 1.54) is 4.90 Å².